The van der Waals surface area contributed by atoms with E-state index in [9.17, 15) is 0 Å². The summed E-state index contributed by atoms with van der Waals surface area (Å²) >= 11 is 0. The molecular formula is C17H28N2. The van der Waals surface area contributed by atoms with Crippen LogP contribution in [0.1, 0.15) is 44.2 Å². The zero-order valence-electron chi connectivity index (χ0n) is 12.4. The lowest BCUT2D eigenvalue weighted by Gasteiger charge is -2.37. The van der Waals surface area contributed by atoms with Crippen LogP contribution >= 0.6 is 0 Å². The molecule has 1 fully saturated rings. The smallest absolute Gasteiger partial charge is 0.0345 e. The molecule has 1 aromatic rings. The second-order valence-electron chi connectivity index (χ2n) is 5.71. The van der Waals surface area contributed by atoms with Gasteiger partial charge in [-0.3, -0.25) is 4.90 Å². The first-order chi connectivity index (χ1) is 9.35. The summed E-state index contributed by atoms with van der Waals surface area (Å²) in [6.07, 6.45) is 5.29. The van der Waals surface area contributed by atoms with Gasteiger partial charge < -0.3 is 5.32 Å². The predicted molar refractivity (Wildman–Crippen MR) is 82.3 cm³/mol. The molecule has 0 amide bonds. The molecular weight excluding hydrogens is 232 g/mol. The van der Waals surface area contributed by atoms with E-state index in [4.69, 9.17) is 0 Å². The van der Waals surface area contributed by atoms with Gasteiger partial charge in [0.15, 0.2) is 0 Å². The summed E-state index contributed by atoms with van der Waals surface area (Å²) < 4.78 is 0. The van der Waals surface area contributed by atoms with Gasteiger partial charge in [-0.25, -0.2) is 0 Å². The molecule has 106 valence electrons. The highest BCUT2D eigenvalue weighted by Crippen LogP contribution is 2.29. The van der Waals surface area contributed by atoms with E-state index in [1.165, 1.54) is 50.9 Å². The zero-order valence-corrected chi connectivity index (χ0v) is 12.4. The van der Waals surface area contributed by atoms with Crippen molar-refractivity contribution in [1.29, 1.82) is 0 Å². The molecule has 0 saturated carbocycles. The third kappa shape index (κ3) is 4.05. The zero-order chi connectivity index (χ0) is 13.5. The molecule has 1 unspecified atom stereocenters. The summed E-state index contributed by atoms with van der Waals surface area (Å²) in [6, 6.07) is 11.6. The fourth-order valence-corrected chi connectivity index (χ4v) is 3.28. The van der Waals surface area contributed by atoms with Gasteiger partial charge in [0.2, 0.25) is 0 Å². The lowest BCUT2D eigenvalue weighted by molar-refractivity contribution is 0.126. The van der Waals surface area contributed by atoms with Crippen LogP contribution < -0.4 is 5.32 Å². The molecule has 1 saturated heterocycles. The number of rotatable bonds is 6. The maximum absolute atomic E-state index is 3.27. The molecule has 1 aliphatic rings. The van der Waals surface area contributed by atoms with Crippen molar-refractivity contribution in [2.24, 2.45) is 5.92 Å². The minimum absolute atomic E-state index is 0.617. The topological polar surface area (TPSA) is 15.3 Å². The first kappa shape index (κ1) is 14.5. The molecule has 1 atom stereocenters. The van der Waals surface area contributed by atoms with Crippen molar-refractivity contribution in [2.45, 2.75) is 38.6 Å². The van der Waals surface area contributed by atoms with Crippen LogP contribution in [0.4, 0.5) is 0 Å². The quantitative estimate of drug-likeness (QED) is 0.842. The molecule has 1 aromatic carbocycles. The molecule has 1 N–H and O–H groups in total. The predicted octanol–water partition coefficient (Wildman–Crippen LogP) is 3.46. The van der Waals surface area contributed by atoms with E-state index < -0.39 is 0 Å². The van der Waals surface area contributed by atoms with E-state index in [-0.39, 0.29) is 0 Å². The lowest BCUT2D eigenvalue weighted by atomic mass is 9.91. The molecule has 19 heavy (non-hydrogen) atoms. The maximum atomic E-state index is 3.27. The summed E-state index contributed by atoms with van der Waals surface area (Å²) in [5.74, 6) is 0.928. The second kappa shape index (κ2) is 7.66. The van der Waals surface area contributed by atoms with Crippen molar-refractivity contribution in [3.8, 4) is 0 Å². The number of nitrogens with one attached hydrogen (secondary N) is 1. The number of likely N-dealkylation sites (tertiary alicyclic amines) is 1. The second-order valence-corrected chi connectivity index (χ2v) is 5.71. The number of benzene rings is 1. The van der Waals surface area contributed by atoms with E-state index in [2.05, 4.69) is 54.5 Å². The van der Waals surface area contributed by atoms with E-state index in [0.717, 1.165) is 5.92 Å². The third-order valence-electron chi connectivity index (χ3n) is 4.46. The van der Waals surface area contributed by atoms with E-state index in [1.54, 1.807) is 0 Å². The van der Waals surface area contributed by atoms with Crippen LogP contribution in [-0.2, 0) is 0 Å². The molecule has 0 aromatic heterocycles. The largest absolute Gasteiger partial charge is 0.320 e. The fourth-order valence-electron chi connectivity index (χ4n) is 3.28. The third-order valence-corrected chi connectivity index (χ3v) is 4.46. The minimum atomic E-state index is 0.617. The van der Waals surface area contributed by atoms with Crippen LogP contribution in [0.25, 0.3) is 0 Å². The molecule has 2 heteroatoms. The van der Waals surface area contributed by atoms with Gasteiger partial charge in [0.05, 0.1) is 0 Å². The van der Waals surface area contributed by atoms with Crippen LogP contribution in [0.15, 0.2) is 30.3 Å². The van der Waals surface area contributed by atoms with Gasteiger partial charge in [-0.15, -0.1) is 0 Å². The Morgan fingerprint density at radius 1 is 1.21 bits per heavy atom. The van der Waals surface area contributed by atoms with Gasteiger partial charge in [-0.2, -0.15) is 0 Å². The summed E-state index contributed by atoms with van der Waals surface area (Å²) in [7, 11) is 2.05. The highest BCUT2D eigenvalue weighted by molar-refractivity contribution is 5.19. The highest BCUT2D eigenvalue weighted by atomic mass is 15.2. The normalized spacial score (nSPS) is 19.5. The number of piperidine rings is 1. The molecule has 1 heterocycles. The van der Waals surface area contributed by atoms with Gasteiger partial charge in [0.25, 0.3) is 0 Å². The van der Waals surface area contributed by atoms with Crippen LogP contribution in [0.5, 0.6) is 0 Å². The van der Waals surface area contributed by atoms with Crippen molar-refractivity contribution in [1.82, 2.24) is 10.2 Å². The molecule has 0 radical (unpaired) electrons. The van der Waals surface area contributed by atoms with Gasteiger partial charge in [-0.05, 0) is 63.8 Å². The SMILES string of the molecule is CCC(c1ccccc1)N1CCC(CCNC)CC1. The summed E-state index contributed by atoms with van der Waals surface area (Å²) in [4.78, 5) is 2.69. The maximum Gasteiger partial charge on any atom is 0.0345 e. The van der Waals surface area contributed by atoms with Crippen molar-refractivity contribution in [2.75, 3.05) is 26.7 Å². The Morgan fingerprint density at radius 3 is 2.47 bits per heavy atom. The van der Waals surface area contributed by atoms with Crippen LogP contribution in [0.3, 0.4) is 0 Å². The highest BCUT2D eigenvalue weighted by Gasteiger charge is 2.24. The van der Waals surface area contributed by atoms with Crippen molar-refractivity contribution < 1.29 is 0 Å². The van der Waals surface area contributed by atoms with Crippen LogP contribution in [0, 0.1) is 5.92 Å². The Hall–Kier alpha value is -0.860. The molecule has 2 rings (SSSR count). The lowest BCUT2D eigenvalue weighted by Crippen LogP contribution is -2.37. The van der Waals surface area contributed by atoms with Crippen molar-refractivity contribution in [3.63, 3.8) is 0 Å². The number of nitrogens with zero attached hydrogens (tertiary/aromatic N) is 1. The standard InChI is InChI=1S/C17H28N2/c1-3-17(16-7-5-4-6-8-16)19-13-10-15(11-14-19)9-12-18-2/h4-8,15,17-18H,3,9-14H2,1-2H3. The Morgan fingerprint density at radius 2 is 1.89 bits per heavy atom. The first-order valence-corrected chi connectivity index (χ1v) is 7.78. The monoisotopic (exact) mass is 260 g/mol. The summed E-state index contributed by atoms with van der Waals surface area (Å²) in [6.45, 7) is 6.01. The van der Waals surface area contributed by atoms with Crippen LogP contribution in [-0.4, -0.2) is 31.6 Å². The average Bonchev–Trinajstić information content (AvgIpc) is 2.48. The fraction of sp³-hybridized carbons (Fsp3) is 0.647. The number of hydrogen-bond donors (Lipinski definition) is 1. The van der Waals surface area contributed by atoms with E-state index >= 15 is 0 Å². The van der Waals surface area contributed by atoms with Gasteiger partial charge in [0.1, 0.15) is 0 Å². The molecule has 1 aliphatic heterocycles. The first-order valence-electron chi connectivity index (χ1n) is 7.78. The van der Waals surface area contributed by atoms with Crippen molar-refractivity contribution in [3.05, 3.63) is 35.9 Å². The van der Waals surface area contributed by atoms with Crippen LogP contribution in [0.2, 0.25) is 0 Å². The Bertz CT molecular complexity index is 342. The van der Waals surface area contributed by atoms with Gasteiger partial charge >= 0.3 is 0 Å². The Kier molecular flexibility index (Phi) is 5.87. The average molecular weight is 260 g/mol. The summed E-state index contributed by atoms with van der Waals surface area (Å²) in [5.41, 5.74) is 1.48. The van der Waals surface area contributed by atoms with E-state index in [0.29, 0.717) is 6.04 Å². The minimum Gasteiger partial charge on any atom is -0.320 e. The van der Waals surface area contributed by atoms with Gasteiger partial charge in [-0.1, -0.05) is 37.3 Å². The van der Waals surface area contributed by atoms with Crippen molar-refractivity contribution >= 4 is 0 Å². The molecule has 2 nitrogen and oxygen atoms in total. The Balaban J connectivity index is 1.89. The molecule has 0 spiro atoms. The van der Waals surface area contributed by atoms with Gasteiger partial charge in [0, 0.05) is 6.04 Å². The molecule has 0 bridgehead atoms. The molecule has 0 aliphatic carbocycles. The number of hydrogen-bond acceptors (Lipinski definition) is 2. The van der Waals surface area contributed by atoms with E-state index in [1.807, 2.05) is 0 Å². The Labute approximate surface area is 118 Å². The summed E-state index contributed by atoms with van der Waals surface area (Å²) in [5, 5.41) is 3.27.